The fourth-order valence-corrected chi connectivity index (χ4v) is 3.05. The molecule has 8 heteroatoms. The van der Waals surface area contributed by atoms with Gasteiger partial charge in [0.1, 0.15) is 4.90 Å². The molecule has 0 amide bonds. The summed E-state index contributed by atoms with van der Waals surface area (Å²) in [7, 11) is -3.87. The Kier molecular flexibility index (Phi) is 4.38. The maximum absolute atomic E-state index is 11.6. The Bertz CT molecular complexity index is 763. The highest BCUT2D eigenvalue weighted by atomic mass is 79.9. The highest BCUT2D eigenvalue weighted by molar-refractivity contribution is 9.11. The molecule has 0 aliphatic heterocycles. The van der Waals surface area contributed by atoms with Gasteiger partial charge < -0.3 is 11.1 Å². The summed E-state index contributed by atoms with van der Waals surface area (Å²) in [5.74, 6) is 0. The third-order valence-electron chi connectivity index (χ3n) is 2.51. The zero-order valence-electron chi connectivity index (χ0n) is 10.1. The number of sulfonamides is 1. The molecule has 106 valence electrons. The summed E-state index contributed by atoms with van der Waals surface area (Å²) in [5, 5.41) is 8.23. The standard InChI is InChI=1S/C12H11Br2N3O2S/c13-7-1-3-9(14)11(5-7)17-10-4-2-8(15)6-12(10)20(16,18)19/h1-6,17H,15H2,(H2,16,18,19). The van der Waals surface area contributed by atoms with Gasteiger partial charge in [-0.2, -0.15) is 0 Å². The molecule has 2 aromatic rings. The molecule has 0 unspecified atom stereocenters. The number of benzene rings is 2. The van der Waals surface area contributed by atoms with E-state index in [1.54, 1.807) is 12.1 Å². The minimum absolute atomic E-state index is 0.0515. The number of rotatable bonds is 3. The van der Waals surface area contributed by atoms with Crippen LogP contribution in [0.4, 0.5) is 17.1 Å². The molecule has 0 aromatic heterocycles. The van der Waals surface area contributed by atoms with Crippen LogP contribution in [-0.4, -0.2) is 8.42 Å². The Hall–Kier alpha value is -1.09. The molecule has 0 saturated heterocycles. The van der Waals surface area contributed by atoms with E-state index >= 15 is 0 Å². The third-order valence-corrected chi connectivity index (χ3v) is 4.65. The van der Waals surface area contributed by atoms with Crippen molar-refractivity contribution in [2.24, 2.45) is 5.14 Å². The van der Waals surface area contributed by atoms with Gasteiger partial charge in [0.15, 0.2) is 0 Å². The van der Waals surface area contributed by atoms with E-state index < -0.39 is 10.0 Å². The quantitative estimate of drug-likeness (QED) is 0.664. The summed E-state index contributed by atoms with van der Waals surface area (Å²) >= 11 is 6.74. The molecular formula is C12H11Br2N3O2S. The van der Waals surface area contributed by atoms with Gasteiger partial charge in [-0.3, -0.25) is 0 Å². The number of hydrogen-bond acceptors (Lipinski definition) is 4. The summed E-state index contributed by atoms with van der Waals surface area (Å²) < 4.78 is 24.9. The third kappa shape index (κ3) is 3.51. The van der Waals surface area contributed by atoms with E-state index in [1.165, 1.54) is 6.07 Å². The lowest BCUT2D eigenvalue weighted by atomic mass is 10.2. The molecule has 5 nitrogen and oxygen atoms in total. The molecule has 5 N–H and O–H groups in total. The van der Waals surface area contributed by atoms with Crippen molar-refractivity contribution in [1.29, 1.82) is 0 Å². The SMILES string of the molecule is Nc1ccc(Nc2cc(Br)ccc2Br)c(S(N)(=O)=O)c1. The highest BCUT2D eigenvalue weighted by Crippen LogP contribution is 2.32. The lowest BCUT2D eigenvalue weighted by molar-refractivity contribution is 0.598. The molecule has 2 aromatic carbocycles. The topological polar surface area (TPSA) is 98.2 Å². The Balaban J connectivity index is 2.52. The molecule has 0 aliphatic carbocycles. The van der Waals surface area contributed by atoms with Gasteiger partial charge in [-0.05, 0) is 52.3 Å². The van der Waals surface area contributed by atoms with Crippen molar-refractivity contribution in [1.82, 2.24) is 0 Å². The fourth-order valence-electron chi connectivity index (χ4n) is 1.62. The monoisotopic (exact) mass is 419 g/mol. The van der Waals surface area contributed by atoms with E-state index in [9.17, 15) is 8.42 Å². The van der Waals surface area contributed by atoms with Gasteiger partial charge in [-0.25, -0.2) is 13.6 Å². The molecule has 0 fully saturated rings. The Labute approximate surface area is 133 Å². The van der Waals surface area contributed by atoms with Crippen molar-refractivity contribution in [3.05, 3.63) is 45.3 Å². The molecule has 0 heterocycles. The minimum Gasteiger partial charge on any atom is -0.399 e. The van der Waals surface area contributed by atoms with Crippen molar-refractivity contribution in [2.45, 2.75) is 4.90 Å². The van der Waals surface area contributed by atoms with Crippen LogP contribution >= 0.6 is 31.9 Å². The van der Waals surface area contributed by atoms with E-state index in [1.807, 2.05) is 18.2 Å². The van der Waals surface area contributed by atoms with Gasteiger partial charge in [0, 0.05) is 14.6 Å². The number of nitrogens with one attached hydrogen (secondary N) is 1. The zero-order chi connectivity index (χ0) is 14.9. The molecule has 0 saturated carbocycles. The summed E-state index contributed by atoms with van der Waals surface area (Å²) in [4.78, 5) is -0.0515. The van der Waals surface area contributed by atoms with E-state index in [-0.39, 0.29) is 4.90 Å². The number of hydrogen-bond donors (Lipinski definition) is 3. The second kappa shape index (κ2) is 5.72. The van der Waals surface area contributed by atoms with Crippen molar-refractivity contribution in [2.75, 3.05) is 11.1 Å². The molecule has 2 rings (SSSR count). The molecular weight excluding hydrogens is 410 g/mol. The molecule has 0 spiro atoms. The maximum Gasteiger partial charge on any atom is 0.240 e. The number of anilines is 3. The number of nitrogens with two attached hydrogens (primary N) is 2. The second-order valence-corrected chi connectivity index (χ2v) is 7.35. The average molecular weight is 421 g/mol. The van der Waals surface area contributed by atoms with Gasteiger partial charge >= 0.3 is 0 Å². The number of nitrogen functional groups attached to an aromatic ring is 1. The molecule has 0 atom stereocenters. The molecule has 0 radical (unpaired) electrons. The first-order chi connectivity index (χ1) is 9.27. The van der Waals surface area contributed by atoms with E-state index in [4.69, 9.17) is 10.9 Å². The van der Waals surface area contributed by atoms with Crippen molar-refractivity contribution in [3.8, 4) is 0 Å². The Morgan fingerprint density at radius 1 is 1.00 bits per heavy atom. The number of halogens is 2. The first-order valence-corrected chi connectivity index (χ1v) is 8.55. The van der Waals surface area contributed by atoms with Crippen LogP contribution in [0.2, 0.25) is 0 Å². The molecule has 20 heavy (non-hydrogen) atoms. The van der Waals surface area contributed by atoms with Crippen LogP contribution in [0.25, 0.3) is 0 Å². The molecule has 0 bridgehead atoms. The minimum atomic E-state index is -3.87. The molecule has 0 aliphatic rings. The fraction of sp³-hybridized carbons (Fsp3) is 0. The Morgan fingerprint density at radius 3 is 2.35 bits per heavy atom. The van der Waals surface area contributed by atoms with E-state index in [0.29, 0.717) is 17.1 Å². The van der Waals surface area contributed by atoms with Gasteiger partial charge in [0.2, 0.25) is 10.0 Å². The summed E-state index contributed by atoms with van der Waals surface area (Å²) in [6.07, 6.45) is 0. The summed E-state index contributed by atoms with van der Waals surface area (Å²) in [6, 6.07) is 10.0. The Morgan fingerprint density at radius 2 is 1.70 bits per heavy atom. The lowest BCUT2D eigenvalue weighted by Gasteiger charge is -2.13. The zero-order valence-corrected chi connectivity index (χ0v) is 14.1. The van der Waals surface area contributed by atoms with Crippen LogP contribution in [0.3, 0.4) is 0 Å². The van der Waals surface area contributed by atoms with Crippen molar-refractivity contribution in [3.63, 3.8) is 0 Å². The van der Waals surface area contributed by atoms with Gasteiger partial charge in [-0.15, -0.1) is 0 Å². The smallest absolute Gasteiger partial charge is 0.240 e. The van der Waals surface area contributed by atoms with Crippen LogP contribution < -0.4 is 16.2 Å². The van der Waals surface area contributed by atoms with E-state index in [0.717, 1.165) is 8.95 Å². The lowest BCUT2D eigenvalue weighted by Crippen LogP contribution is -2.14. The van der Waals surface area contributed by atoms with E-state index in [2.05, 4.69) is 37.2 Å². The predicted octanol–water partition coefficient (Wildman–Crippen LogP) is 3.18. The first-order valence-electron chi connectivity index (χ1n) is 5.42. The van der Waals surface area contributed by atoms with Crippen LogP contribution in [0.5, 0.6) is 0 Å². The van der Waals surface area contributed by atoms with Crippen LogP contribution in [0, 0.1) is 0 Å². The predicted molar refractivity (Wildman–Crippen MR) is 87.4 cm³/mol. The van der Waals surface area contributed by atoms with Crippen LogP contribution in [0.15, 0.2) is 50.2 Å². The van der Waals surface area contributed by atoms with Crippen LogP contribution in [-0.2, 0) is 10.0 Å². The first kappa shape index (κ1) is 15.3. The van der Waals surface area contributed by atoms with Crippen molar-refractivity contribution < 1.29 is 8.42 Å². The maximum atomic E-state index is 11.6. The second-order valence-electron chi connectivity index (χ2n) is 4.05. The van der Waals surface area contributed by atoms with Crippen molar-refractivity contribution >= 4 is 58.9 Å². The number of primary sulfonamides is 1. The normalized spacial score (nSPS) is 11.3. The van der Waals surface area contributed by atoms with Crippen LogP contribution in [0.1, 0.15) is 0 Å². The summed E-state index contributed by atoms with van der Waals surface area (Å²) in [5.41, 5.74) is 7.00. The van der Waals surface area contributed by atoms with Gasteiger partial charge in [0.25, 0.3) is 0 Å². The van der Waals surface area contributed by atoms with Gasteiger partial charge in [0.05, 0.1) is 11.4 Å². The largest absolute Gasteiger partial charge is 0.399 e. The highest BCUT2D eigenvalue weighted by Gasteiger charge is 2.15. The average Bonchev–Trinajstić information content (AvgIpc) is 2.34. The summed E-state index contributed by atoms with van der Waals surface area (Å²) in [6.45, 7) is 0. The van der Waals surface area contributed by atoms with Gasteiger partial charge in [-0.1, -0.05) is 15.9 Å².